The van der Waals surface area contributed by atoms with E-state index in [2.05, 4.69) is 43.3 Å². The van der Waals surface area contributed by atoms with Crippen molar-refractivity contribution in [1.82, 2.24) is 0 Å². The van der Waals surface area contributed by atoms with Gasteiger partial charge in [-0.3, -0.25) is 0 Å². The van der Waals surface area contributed by atoms with Crippen molar-refractivity contribution in [3.63, 3.8) is 0 Å². The van der Waals surface area contributed by atoms with Crippen molar-refractivity contribution >= 4 is 0 Å². The van der Waals surface area contributed by atoms with Crippen molar-refractivity contribution < 1.29 is 0 Å². The van der Waals surface area contributed by atoms with Crippen LogP contribution >= 0.6 is 0 Å². The molecule has 1 nitrogen and oxygen atoms in total. The molecule has 1 aromatic rings. The highest BCUT2D eigenvalue weighted by molar-refractivity contribution is 5.25. The molecule has 0 radical (unpaired) electrons. The van der Waals surface area contributed by atoms with E-state index in [9.17, 15) is 0 Å². The van der Waals surface area contributed by atoms with Gasteiger partial charge in [0.05, 0.1) is 6.07 Å². The number of nitrogens with zero attached hydrogens (tertiary/aromatic N) is 1. The second-order valence-electron chi connectivity index (χ2n) is 9.04. The van der Waals surface area contributed by atoms with Gasteiger partial charge in [-0.2, -0.15) is 5.26 Å². The SMILES string of the molecule is CCc1ccc(C2CCC(CCC3CCC(C=CC=CC#N)CC3)CC2)cc1. The predicted molar refractivity (Wildman–Crippen MR) is 119 cm³/mol. The Kier molecular flexibility index (Phi) is 8.41. The number of benzene rings is 1. The topological polar surface area (TPSA) is 23.8 Å². The lowest BCUT2D eigenvalue weighted by Gasteiger charge is -2.31. The molecule has 0 heterocycles. The largest absolute Gasteiger partial charge is 0.193 e. The van der Waals surface area contributed by atoms with Gasteiger partial charge >= 0.3 is 0 Å². The minimum absolute atomic E-state index is 0.731. The summed E-state index contributed by atoms with van der Waals surface area (Å²) in [5.41, 5.74) is 3.04. The van der Waals surface area contributed by atoms with Crippen LogP contribution in [0.1, 0.15) is 88.2 Å². The Hall–Kier alpha value is -1.81. The van der Waals surface area contributed by atoms with Gasteiger partial charge < -0.3 is 0 Å². The molecule has 3 rings (SSSR count). The molecule has 28 heavy (non-hydrogen) atoms. The molecule has 1 heteroatoms. The second kappa shape index (κ2) is 11.3. The Morgan fingerprint density at radius 1 is 0.857 bits per heavy atom. The van der Waals surface area contributed by atoms with Gasteiger partial charge in [0, 0.05) is 6.08 Å². The summed E-state index contributed by atoms with van der Waals surface area (Å²) >= 11 is 0. The maximum Gasteiger partial charge on any atom is 0.0912 e. The number of hydrogen-bond acceptors (Lipinski definition) is 1. The molecule has 2 aliphatic carbocycles. The average molecular weight is 376 g/mol. The second-order valence-corrected chi connectivity index (χ2v) is 9.04. The number of rotatable bonds is 7. The third kappa shape index (κ3) is 6.37. The van der Waals surface area contributed by atoms with E-state index >= 15 is 0 Å². The minimum atomic E-state index is 0.731. The third-order valence-corrected chi connectivity index (χ3v) is 7.25. The van der Waals surface area contributed by atoms with Gasteiger partial charge in [-0.15, -0.1) is 0 Å². The van der Waals surface area contributed by atoms with Gasteiger partial charge in [-0.05, 0) is 92.6 Å². The molecule has 0 N–H and O–H groups in total. The number of nitriles is 1. The molecule has 2 aliphatic rings. The number of allylic oxidation sites excluding steroid dienone is 4. The highest BCUT2D eigenvalue weighted by atomic mass is 14.3. The monoisotopic (exact) mass is 375 g/mol. The molecule has 0 atom stereocenters. The zero-order valence-electron chi connectivity index (χ0n) is 17.7. The van der Waals surface area contributed by atoms with Crippen LogP contribution < -0.4 is 0 Å². The molecule has 1 aromatic carbocycles. The highest BCUT2D eigenvalue weighted by Crippen LogP contribution is 2.40. The normalized spacial score (nSPS) is 28.6. The van der Waals surface area contributed by atoms with Gasteiger partial charge in [-0.1, -0.05) is 62.3 Å². The number of aryl methyl sites for hydroxylation is 1. The Morgan fingerprint density at radius 3 is 2.04 bits per heavy atom. The molecular formula is C27H37N. The molecule has 2 saturated carbocycles. The lowest BCUT2D eigenvalue weighted by molar-refractivity contribution is 0.246. The summed E-state index contributed by atoms with van der Waals surface area (Å²) in [5, 5.41) is 8.53. The lowest BCUT2D eigenvalue weighted by atomic mass is 9.74. The van der Waals surface area contributed by atoms with Gasteiger partial charge in [0.25, 0.3) is 0 Å². The zero-order valence-corrected chi connectivity index (χ0v) is 17.7. The van der Waals surface area contributed by atoms with Crippen LogP contribution in [0.4, 0.5) is 0 Å². The van der Waals surface area contributed by atoms with Gasteiger partial charge in [0.1, 0.15) is 0 Å². The lowest BCUT2D eigenvalue weighted by Crippen LogP contribution is -2.17. The van der Waals surface area contributed by atoms with Crippen molar-refractivity contribution in [2.75, 3.05) is 0 Å². The maximum atomic E-state index is 8.53. The first-order valence-electron chi connectivity index (χ1n) is 11.6. The third-order valence-electron chi connectivity index (χ3n) is 7.25. The summed E-state index contributed by atoms with van der Waals surface area (Å²) in [4.78, 5) is 0. The van der Waals surface area contributed by atoms with E-state index in [1.54, 1.807) is 11.6 Å². The first-order chi connectivity index (χ1) is 13.8. The molecule has 0 unspecified atom stereocenters. The van der Waals surface area contributed by atoms with E-state index in [0.717, 1.165) is 30.1 Å². The highest BCUT2D eigenvalue weighted by Gasteiger charge is 2.24. The Balaban J connectivity index is 1.33. The number of hydrogen-bond donors (Lipinski definition) is 0. The Morgan fingerprint density at radius 2 is 1.46 bits per heavy atom. The van der Waals surface area contributed by atoms with Crippen molar-refractivity contribution in [1.29, 1.82) is 5.26 Å². The van der Waals surface area contributed by atoms with E-state index < -0.39 is 0 Å². The average Bonchev–Trinajstić information content (AvgIpc) is 2.76. The fraction of sp³-hybridized carbons (Fsp3) is 0.593. The predicted octanol–water partition coefficient (Wildman–Crippen LogP) is 7.75. The van der Waals surface area contributed by atoms with E-state index in [0.29, 0.717) is 0 Å². The molecule has 150 valence electrons. The standard InChI is InChI=1S/C27H37N/c1-2-22-13-17-26(18-14-22)27-19-15-25(16-20-27)12-11-24-9-7-23(8-10-24)6-4-3-5-21-28/h3-6,13-14,17-18,23-25,27H,2,7-12,15-16,19-20H2,1H3. The van der Waals surface area contributed by atoms with Gasteiger partial charge in [0.15, 0.2) is 0 Å². The summed E-state index contributed by atoms with van der Waals surface area (Å²) in [6.07, 6.45) is 22.9. The maximum absolute atomic E-state index is 8.53. The van der Waals surface area contributed by atoms with Crippen LogP contribution in [0.15, 0.2) is 48.6 Å². The fourth-order valence-corrected chi connectivity index (χ4v) is 5.27. The molecule has 0 spiro atoms. The van der Waals surface area contributed by atoms with Crippen LogP contribution in [0.25, 0.3) is 0 Å². The van der Waals surface area contributed by atoms with Crippen LogP contribution in [0.5, 0.6) is 0 Å². The molecule has 0 aromatic heterocycles. The van der Waals surface area contributed by atoms with Crippen LogP contribution in [-0.2, 0) is 6.42 Å². The molecular weight excluding hydrogens is 338 g/mol. The van der Waals surface area contributed by atoms with E-state index in [-0.39, 0.29) is 0 Å². The van der Waals surface area contributed by atoms with E-state index in [1.807, 2.05) is 12.1 Å². The molecule has 2 fully saturated rings. The van der Waals surface area contributed by atoms with E-state index in [4.69, 9.17) is 5.26 Å². The quantitative estimate of drug-likeness (QED) is 0.353. The van der Waals surface area contributed by atoms with Gasteiger partial charge in [0.2, 0.25) is 0 Å². The van der Waals surface area contributed by atoms with E-state index in [1.165, 1.54) is 69.8 Å². The molecule has 0 bridgehead atoms. The molecule has 0 saturated heterocycles. The molecule has 0 aliphatic heterocycles. The minimum Gasteiger partial charge on any atom is -0.193 e. The fourth-order valence-electron chi connectivity index (χ4n) is 5.27. The van der Waals surface area contributed by atoms with Crippen LogP contribution in [0.3, 0.4) is 0 Å². The van der Waals surface area contributed by atoms with Crippen molar-refractivity contribution in [2.24, 2.45) is 17.8 Å². The first kappa shape index (κ1) is 20.9. The van der Waals surface area contributed by atoms with Crippen LogP contribution in [0.2, 0.25) is 0 Å². The van der Waals surface area contributed by atoms with Crippen LogP contribution in [-0.4, -0.2) is 0 Å². The van der Waals surface area contributed by atoms with Crippen molar-refractivity contribution in [2.45, 2.75) is 83.5 Å². The summed E-state index contributed by atoms with van der Waals surface area (Å²) in [5.74, 6) is 3.46. The van der Waals surface area contributed by atoms with Crippen molar-refractivity contribution in [3.8, 4) is 6.07 Å². The summed E-state index contributed by atoms with van der Waals surface area (Å²) in [6.45, 7) is 2.23. The Bertz CT molecular complexity index is 659. The van der Waals surface area contributed by atoms with Crippen LogP contribution in [0, 0.1) is 29.1 Å². The molecule has 0 amide bonds. The van der Waals surface area contributed by atoms with Gasteiger partial charge in [-0.25, -0.2) is 0 Å². The Labute approximate surface area is 172 Å². The summed E-state index contributed by atoms with van der Waals surface area (Å²) in [6, 6.07) is 11.5. The summed E-state index contributed by atoms with van der Waals surface area (Å²) in [7, 11) is 0. The first-order valence-corrected chi connectivity index (χ1v) is 11.6. The van der Waals surface area contributed by atoms with Crippen molar-refractivity contribution in [3.05, 3.63) is 59.7 Å². The zero-order chi connectivity index (χ0) is 19.6. The smallest absolute Gasteiger partial charge is 0.0912 e. The summed E-state index contributed by atoms with van der Waals surface area (Å²) < 4.78 is 0.